The maximum atomic E-state index is 12.0. The summed E-state index contributed by atoms with van der Waals surface area (Å²) in [4.78, 5) is 16.0. The molecule has 1 unspecified atom stereocenters. The van der Waals surface area contributed by atoms with Gasteiger partial charge in [0.15, 0.2) is 0 Å². The molecule has 0 bridgehead atoms. The Morgan fingerprint density at radius 1 is 1.24 bits per heavy atom. The lowest BCUT2D eigenvalue weighted by Crippen LogP contribution is -2.23. The predicted molar refractivity (Wildman–Crippen MR) is 90.5 cm³/mol. The van der Waals surface area contributed by atoms with E-state index in [4.69, 9.17) is 10.3 Å². The van der Waals surface area contributed by atoms with E-state index in [1.807, 2.05) is 6.92 Å². The summed E-state index contributed by atoms with van der Waals surface area (Å²) in [7, 11) is 0. The number of rotatable bonds is 5. The third-order valence-corrected chi connectivity index (χ3v) is 4.10. The molecule has 1 atom stereocenters. The first-order chi connectivity index (χ1) is 12.0. The number of aromatic nitrogens is 2. The average Bonchev–Trinajstić information content (AvgIpc) is 3.02. The number of anilines is 2. The molecule has 0 fully saturated rings. The van der Waals surface area contributed by atoms with Crippen LogP contribution in [-0.2, 0) is 11.3 Å². The summed E-state index contributed by atoms with van der Waals surface area (Å²) >= 11 is -2.76. The number of nitrogens with two attached hydrogens (primary N) is 1. The Kier molecular flexibility index (Phi) is 4.59. The van der Waals surface area contributed by atoms with Gasteiger partial charge in [0.1, 0.15) is 11.3 Å². The van der Waals surface area contributed by atoms with Gasteiger partial charge in [-0.2, -0.15) is 0 Å². The summed E-state index contributed by atoms with van der Waals surface area (Å²) in [6.45, 7) is 1.87. The molecule has 9 heteroatoms. The van der Waals surface area contributed by atoms with E-state index >= 15 is 0 Å². The Labute approximate surface area is 145 Å². The molecule has 0 aliphatic heterocycles. The van der Waals surface area contributed by atoms with E-state index in [1.54, 1.807) is 42.5 Å². The van der Waals surface area contributed by atoms with Crippen molar-refractivity contribution in [2.75, 3.05) is 4.31 Å². The molecule has 2 N–H and O–H groups in total. The van der Waals surface area contributed by atoms with Crippen molar-refractivity contribution in [1.82, 2.24) is 10.1 Å². The number of carbonyl (C=O) groups is 1. The summed E-state index contributed by atoms with van der Waals surface area (Å²) in [5, 5.41) is 3.80. The number of pyridine rings is 1. The van der Waals surface area contributed by atoms with Gasteiger partial charge in [-0.25, -0.2) is 4.31 Å². The lowest BCUT2D eigenvalue weighted by molar-refractivity contribution is 0.100. The monoisotopic (exact) mass is 357 g/mol. The number of primary amides is 1. The SMILES string of the molecule is Cc1ccc(N(c2onc(-c3ccccn3)c2C(N)=O)S(=O)[O-])cc1. The second-order valence-corrected chi connectivity index (χ2v) is 5.94. The van der Waals surface area contributed by atoms with Gasteiger partial charge in [-0.05, 0) is 31.2 Å². The Morgan fingerprint density at radius 2 is 1.96 bits per heavy atom. The molecule has 0 saturated heterocycles. The van der Waals surface area contributed by atoms with Crippen molar-refractivity contribution in [1.29, 1.82) is 0 Å². The van der Waals surface area contributed by atoms with Gasteiger partial charge in [-0.15, -0.1) is 0 Å². The first-order valence-corrected chi connectivity index (χ1v) is 8.19. The number of carbonyl (C=O) groups excluding carboxylic acids is 1. The first kappa shape index (κ1) is 16.8. The fourth-order valence-corrected chi connectivity index (χ4v) is 2.82. The van der Waals surface area contributed by atoms with Crippen molar-refractivity contribution in [3.05, 3.63) is 59.8 Å². The van der Waals surface area contributed by atoms with E-state index in [0.717, 1.165) is 9.87 Å². The highest BCUT2D eigenvalue weighted by atomic mass is 32.2. The van der Waals surface area contributed by atoms with Gasteiger partial charge in [0.2, 0.25) is 0 Å². The van der Waals surface area contributed by atoms with Crippen LogP contribution in [0.25, 0.3) is 11.4 Å². The summed E-state index contributed by atoms with van der Waals surface area (Å²) in [6.07, 6.45) is 1.51. The molecule has 2 heterocycles. The highest BCUT2D eigenvalue weighted by Gasteiger charge is 2.28. The molecule has 1 amide bonds. The van der Waals surface area contributed by atoms with Crippen LogP contribution in [0.15, 0.2) is 53.2 Å². The van der Waals surface area contributed by atoms with E-state index in [-0.39, 0.29) is 22.8 Å². The Balaban J connectivity index is 2.18. The topological polar surface area (TPSA) is 125 Å². The quantitative estimate of drug-likeness (QED) is 0.697. The van der Waals surface area contributed by atoms with Gasteiger partial charge in [0, 0.05) is 6.20 Å². The van der Waals surface area contributed by atoms with Crippen molar-refractivity contribution in [2.24, 2.45) is 5.73 Å². The molecule has 0 saturated carbocycles. The van der Waals surface area contributed by atoms with Gasteiger partial charge in [-0.1, -0.05) is 28.9 Å². The highest BCUT2D eigenvalue weighted by molar-refractivity contribution is 7.81. The second-order valence-electron chi connectivity index (χ2n) is 5.14. The largest absolute Gasteiger partial charge is 0.755 e. The lowest BCUT2D eigenvalue weighted by atomic mass is 10.1. The molecule has 0 spiro atoms. The van der Waals surface area contributed by atoms with Crippen molar-refractivity contribution in [2.45, 2.75) is 6.92 Å². The maximum absolute atomic E-state index is 12.0. The van der Waals surface area contributed by atoms with Crippen LogP contribution in [0.4, 0.5) is 11.6 Å². The van der Waals surface area contributed by atoms with Gasteiger partial charge in [-0.3, -0.25) is 14.0 Å². The molecule has 0 radical (unpaired) electrons. The molecule has 0 aliphatic rings. The number of aryl methyl sites for hydroxylation is 1. The van der Waals surface area contributed by atoms with Crippen molar-refractivity contribution in [3.8, 4) is 11.4 Å². The van der Waals surface area contributed by atoms with E-state index in [0.29, 0.717) is 5.69 Å². The fourth-order valence-electron chi connectivity index (χ4n) is 2.27. The summed E-state index contributed by atoms with van der Waals surface area (Å²) < 4.78 is 29.5. The smallest absolute Gasteiger partial charge is 0.256 e. The molecule has 3 rings (SSSR count). The minimum Gasteiger partial charge on any atom is -0.755 e. The summed E-state index contributed by atoms with van der Waals surface area (Å²) in [5.74, 6) is -1.16. The van der Waals surface area contributed by atoms with Crippen molar-refractivity contribution < 1.29 is 18.1 Å². The van der Waals surface area contributed by atoms with E-state index in [1.165, 1.54) is 6.20 Å². The average molecular weight is 357 g/mol. The normalized spacial score (nSPS) is 11.9. The van der Waals surface area contributed by atoms with Crippen molar-refractivity contribution >= 4 is 28.7 Å². The zero-order chi connectivity index (χ0) is 18.0. The van der Waals surface area contributed by atoms with Gasteiger partial charge >= 0.3 is 0 Å². The third kappa shape index (κ3) is 3.28. The van der Waals surface area contributed by atoms with Gasteiger partial charge in [0.25, 0.3) is 11.8 Å². The number of benzene rings is 1. The lowest BCUT2D eigenvalue weighted by Gasteiger charge is -2.23. The van der Waals surface area contributed by atoms with Crippen LogP contribution >= 0.6 is 0 Å². The third-order valence-electron chi connectivity index (χ3n) is 3.43. The molecular weight excluding hydrogens is 344 g/mol. The fraction of sp³-hybridized carbons (Fsp3) is 0.0625. The number of hydrogen-bond acceptors (Lipinski definition) is 6. The van der Waals surface area contributed by atoms with E-state index < -0.39 is 17.2 Å². The van der Waals surface area contributed by atoms with Crippen LogP contribution in [0.2, 0.25) is 0 Å². The van der Waals surface area contributed by atoms with Crippen LogP contribution in [-0.4, -0.2) is 24.8 Å². The molecule has 2 aromatic heterocycles. The van der Waals surface area contributed by atoms with Crippen LogP contribution in [0.3, 0.4) is 0 Å². The first-order valence-electron chi connectivity index (χ1n) is 7.16. The Bertz CT molecular complexity index is 925. The van der Waals surface area contributed by atoms with E-state index in [2.05, 4.69) is 10.1 Å². The number of hydrogen-bond donors (Lipinski definition) is 1. The van der Waals surface area contributed by atoms with Crippen LogP contribution in [0, 0.1) is 6.92 Å². The maximum Gasteiger partial charge on any atom is 0.256 e. The number of amides is 1. The van der Waals surface area contributed by atoms with Crippen LogP contribution in [0.1, 0.15) is 15.9 Å². The predicted octanol–water partition coefficient (Wildman–Crippen LogP) is 2.08. The minimum atomic E-state index is -2.76. The molecule has 8 nitrogen and oxygen atoms in total. The molecule has 25 heavy (non-hydrogen) atoms. The molecule has 0 aliphatic carbocycles. The minimum absolute atomic E-state index is 0.0747. The summed E-state index contributed by atoms with van der Waals surface area (Å²) in [6, 6.07) is 11.6. The molecule has 3 aromatic rings. The zero-order valence-electron chi connectivity index (χ0n) is 13.1. The van der Waals surface area contributed by atoms with Crippen LogP contribution in [0.5, 0.6) is 0 Å². The van der Waals surface area contributed by atoms with E-state index in [9.17, 15) is 13.6 Å². The number of nitrogens with zero attached hydrogens (tertiary/aromatic N) is 3. The second kappa shape index (κ2) is 6.83. The standard InChI is InChI=1S/C16H14N4O4S/c1-10-5-7-11(8-6-10)20(25(22)23)16-13(15(17)21)14(19-24-16)12-4-2-3-9-18-12/h2-9H,1H3,(H2,17,21)(H,22,23)/p-1. The molecule has 128 valence electrons. The molecular formula is C16H13N4O4S-. The van der Waals surface area contributed by atoms with Crippen LogP contribution < -0.4 is 10.0 Å². The van der Waals surface area contributed by atoms with Gasteiger partial charge in [0.05, 0.1) is 22.6 Å². The highest BCUT2D eigenvalue weighted by Crippen LogP contribution is 2.35. The summed E-state index contributed by atoms with van der Waals surface area (Å²) in [5.41, 5.74) is 6.92. The molecule has 1 aromatic carbocycles. The van der Waals surface area contributed by atoms with Crippen molar-refractivity contribution in [3.63, 3.8) is 0 Å². The Morgan fingerprint density at radius 3 is 2.52 bits per heavy atom. The zero-order valence-corrected chi connectivity index (χ0v) is 13.9. The Hall–Kier alpha value is -3.04. The van der Waals surface area contributed by atoms with Gasteiger partial charge < -0.3 is 14.8 Å².